The van der Waals surface area contributed by atoms with Crippen LogP contribution in [0.15, 0.2) is 42.6 Å². The van der Waals surface area contributed by atoms with Gasteiger partial charge in [0.15, 0.2) is 0 Å². The minimum atomic E-state index is 0.0523. The molecule has 0 aliphatic heterocycles. The zero-order valence-electron chi connectivity index (χ0n) is 10.5. The number of nitrogens with two attached hydrogens (primary N) is 1. The third kappa shape index (κ3) is 3.53. The lowest BCUT2D eigenvalue weighted by Crippen LogP contribution is -2.15. The molecule has 0 saturated carbocycles. The highest BCUT2D eigenvalue weighted by atomic mass is 15.2. The second-order valence-electron chi connectivity index (χ2n) is 4.35. The molecule has 0 spiro atoms. The fourth-order valence-electron chi connectivity index (χ4n) is 1.77. The summed E-state index contributed by atoms with van der Waals surface area (Å²) in [4.78, 5) is 0. The lowest BCUT2D eigenvalue weighted by Gasteiger charge is -2.12. The van der Waals surface area contributed by atoms with Crippen LogP contribution < -0.4 is 11.1 Å². The Morgan fingerprint density at radius 2 is 2.06 bits per heavy atom. The van der Waals surface area contributed by atoms with Crippen molar-refractivity contribution >= 4 is 5.82 Å². The van der Waals surface area contributed by atoms with E-state index in [0.717, 1.165) is 29.9 Å². The maximum atomic E-state index is 6.11. The van der Waals surface area contributed by atoms with Gasteiger partial charge in [-0.25, -0.2) is 0 Å². The van der Waals surface area contributed by atoms with Crippen molar-refractivity contribution in [1.29, 1.82) is 0 Å². The molecule has 3 N–H and O–H groups in total. The van der Waals surface area contributed by atoms with E-state index < -0.39 is 0 Å². The molecule has 4 heteroatoms. The average molecular weight is 242 g/mol. The van der Waals surface area contributed by atoms with Gasteiger partial charge in [-0.15, -0.1) is 5.10 Å². The standard InChI is InChI=1S/C14H18N4/c1-11-9-14(18-17-10-11)16-8-7-13(15)12-5-3-2-4-6-12/h2-6,9-10,13H,7-8,15H2,1H3,(H,16,18). The van der Waals surface area contributed by atoms with E-state index in [1.54, 1.807) is 6.20 Å². The summed E-state index contributed by atoms with van der Waals surface area (Å²) in [5.41, 5.74) is 8.37. The Balaban J connectivity index is 1.82. The van der Waals surface area contributed by atoms with Crippen LogP contribution in [0.25, 0.3) is 0 Å². The lowest BCUT2D eigenvalue weighted by molar-refractivity contribution is 0.673. The number of nitrogens with zero attached hydrogens (tertiary/aromatic N) is 2. The van der Waals surface area contributed by atoms with Crippen LogP contribution in [0.2, 0.25) is 0 Å². The zero-order valence-corrected chi connectivity index (χ0v) is 10.5. The summed E-state index contributed by atoms with van der Waals surface area (Å²) < 4.78 is 0. The number of hydrogen-bond donors (Lipinski definition) is 2. The smallest absolute Gasteiger partial charge is 0.148 e. The minimum Gasteiger partial charge on any atom is -0.369 e. The number of aryl methyl sites for hydroxylation is 1. The third-order valence-electron chi connectivity index (χ3n) is 2.78. The van der Waals surface area contributed by atoms with Crippen molar-refractivity contribution in [3.8, 4) is 0 Å². The summed E-state index contributed by atoms with van der Waals surface area (Å²) in [5.74, 6) is 0.801. The van der Waals surface area contributed by atoms with Crippen LogP contribution >= 0.6 is 0 Å². The maximum absolute atomic E-state index is 6.11. The normalized spacial score (nSPS) is 12.1. The lowest BCUT2D eigenvalue weighted by atomic mass is 10.1. The Morgan fingerprint density at radius 1 is 1.28 bits per heavy atom. The topological polar surface area (TPSA) is 63.8 Å². The van der Waals surface area contributed by atoms with Gasteiger partial charge in [0.1, 0.15) is 5.82 Å². The molecule has 0 saturated heterocycles. The molecule has 2 aromatic rings. The molecular weight excluding hydrogens is 224 g/mol. The van der Waals surface area contributed by atoms with Crippen molar-refractivity contribution in [1.82, 2.24) is 10.2 Å². The summed E-state index contributed by atoms with van der Waals surface area (Å²) >= 11 is 0. The fraction of sp³-hybridized carbons (Fsp3) is 0.286. The summed E-state index contributed by atoms with van der Waals surface area (Å²) in [6.07, 6.45) is 2.60. The summed E-state index contributed by atoms with van der Waals surface area (Å²) in [6, 6.07) is 12.1. The molecule has 0 bridgehead atoms. The number of nitrogens with one attached hydrogen (secondary N) is 1. The minimum absolute atomic E-state index is 0.0523. The summed E-state index contributed by atoms with van der Waals surface area (Å²) in [7, 11) is 0. The van der Waals surface area contributed by atoms with E-state index in [9.17, 15) is 0 Å². The molecule has 0 aliphatic carbocycles. The van der Waals surface area contributed by atoms with Crippen molar-refractivity contribution in [2.45, 2.75) is 19.4 Å². The van der Waals surface area contributed by atoms with Crippen LogP contribution in [-0.4, -0.2) is 16.7 Å². The second-order valence-corrected chi connectivity index (χ2v) is 4.35. The molecule has 1 atom stereocenters. The Kier molecular flexibility index (Phi) is 4.25. The molecule has 0 fully saturated rings. The largest absolute Gasteiger partial charge is 0.369 e. The van der Waals surface area contributed by atoms with Crippen LogP contribution in [-0.2, 0) is 0 Å². The highest BCUT2D eigenvalue weighted by Gasteiger charge is 2.04. The number of benzene rings is 1. The number of aromatic nitrogens is 2. The van der Waals surface area contributed by atoms with Crippen molar-refractivity contribution in [2.75, 3.05) is 11.9 Å². The summed E-state index contributed by atoms with van der Waals surface area (Å²) in [6.45, 7) is 2.78. The van der Waals surface area contributed by atoms with Gasteiger partial charge in [-0.1, -0.05) is 30.3 Å². The second kappa shape index (κ2) is 6.12. The Labute approximate surface area is 107 Å². The molecule has 0 aliphatic rings. The number of anilines is 1. The molecule has 1 aromatic heterocycles. The van der Waals surface area contributed by atoms with Crippen molar-refractivity contribution in [3.63, 3.8) is 0 Å². The molecule has 18 heavy (non-hydrogen) atoms. The van der Waals surface area contributed by atoms with E-state index in [0.29, 0.717) is 0 Å². The first-order valence-electron chi connectivity index (χ1n) is 6.09. The van der Waals surface area contributed by atoms with Crippen LogP contribution in [0.3, 0.4) is 0 Å². The van der Waals surface area contributed by atoms with Gasteiger partial charge in [0, 0.05) is 12.6 Å². The molecule has 2 rings (SSSR count). The first kappa shape index (κ1) is 12.5. The Hall–Kier alpha value is -1.94. The number of rotatable bonds is 5. The summed E-state index contributed by atoms with van der Waals surface area (Å²) in [5, 5.41) is 11.1. The highest BCUT2D eigenvalue weighted by molar-refractivity contribution is 5.34. The predicted octanol–water partition coefficient (Wildman–Crippen LogP) is 2.29. The van der Waals surface area contributed by atoms with E-state index in [2.05, 4.69) is 27.6 Å². The van der Waals surface area contributed by atoms with E-state index in [1.165, 1.54) is 0 Å². The van der Waals surface area contributed by atoms with Gasteiger partial charge in [-0.05, 0) is 30.5 Å². The molecule has 4 nitrogen and oxygen atoms in total. The Bertz CT molecular complexity index is 484. The van der Waals surface area contributed by atoms with Crippen molar-refractivity contribution in [3.05, 3.63) is 53.7 Å². The molecule has 94 valence electrons. The zero-order chi connectivity index (χ0) is 12.8. The van der Waals surface area contributed by atoms with Crippen molar-refractivity contribution in [2.24, 2.45) is 5.73 Å². The molecule has 0 radical (unpaired) electrons. The van der Waals surface area contributed by atoms with Crippen LogP contribution in [0.5, 0.6) is 0 Å². The monoisotopic (exact) mass is 242 g/mol. The van der Waals surface area contributed by atoms with E-state index >= 15 is 0 Å². The quantitative estimate of drug-likeness (QED) is 0.844. The van der Waals surface area contributed by atoms with Gasteiger partial charge in [0.05, 0.1) is 6.20 Å². The van der Waals surface area contributed by atoms with E-state index in [4.69, 9.17) is 5.73 Å². The molecular formula is C14H18N4. The average Bonchev–Trinajstić information content (AvgIpc) is 2.40. The molecule has 1 heterocycles. The number of hydrogen-bond acceptors (Lipinski definition) is 4. The van der Waals surface area contributed by atoms with Gasteiger partial charge in [0.2, 0.25) is 0 Å². The fourth-order valence-corrected chi connectivity index (χ4v) is 1.77. The van der Waals surface area contributed by atoms with Crippen LogP contribution in [0.1, 0.15) is 23.6 Å². The maximum Gasteiger partial charge on any atom is 0.148 e. The Morgan fingerprint density at radius 3 is 2.78 bits per heavy atom. The predicted molar refractivity (Wildman–Crippen MR) is 73.2 cm³/mol. The first-order chi connectivity index (χ1) is 8.75. The van der Waals surface area contributed by atoms with Gasteiger partial charge in [0.25, 0.3) is 0 Å². The molecule has 1 unspecified atom stereocenters. The SMILES string of the molecule is Cc1cnnc(NCCC(N)c2ccccc2)c1. The van der Waals surface area contributed by atoms with Gasteiger partial charge in [-0.2, -0.15) is 5.10 Å². The third-order valence-corrected chi connectivity index (χ3v) is 2.78. The van der Waals surface area contributed by atoms with Gasteiger partial charge < -0.3 is 11.1 Å². The van der Waals surface area contributed by atoms with Crippen molar-refractivity contribution < 1.29 is 0 Å². The van der Waals surface area contributed by atoms with Crippen LogP contribution in [0.4, 0.5) is 5.82 Å². The van der Waals surface area contributed by atoms with E-state index in [1.807, 2.05) is 31.2 Å². The highest BCUT2D eigenvalue weighted by Crippen LogP contribution is 2.13. The molecule has 0 amide bonds. The van der Waals surface area contributed by atoms with Crippen LogP contribution in [0, 0.1) is 6.92 Å². The first-order valence-corrected chi connectivity index (χ1v) is 6.09. The van der Waals surface area contributed by atoms with Gasteiger partial charge >= 0.3 is 0 Å². The van der Waals surface area contributed by atoms with Gasteiger partial charge in [-0.3, -0.25) is 0 Å². The van der Waals surface area contributed by atoms with E-state index in [-0.39, 0.29) is 6.04 Å². The molecule has 1 aromatic carbocycles.